The molecule has 6 heteroatoms. The molecule has 0 spiro atoms. The minimum absolute atomic E-state index is 0.160. The molecule has 1 aromatic heterocycles. The quantitative estimate of drug-likeness (QED) is 0.802. The first-order valence-electron chi connectivity index (χ1n) is 6.73. The van der Waals surface area contributed by atoms with E-state index in [0.29, 0.717) is 12.3 Å². The van der Waals surface area contributed by atoms with Crippen molar-refractivity contribution < 1.29 is 19.0 Å². The van der Waals surface area contributed by atoms with Gasteiger partial charge >= 0.3 is 5.97 Å². The summed E-state index contributed by atoms with van der Waals surface area (Å²) in [6.45, 7) is 3.01. The second kappa shape index (κ2) is 5.47. The maximum Gasteiger partial charge on any atom is 0.325 e. The third kappa shape index (κ3) is 2.44. The van der Waals surface area contributed by atoms with Crippen LogP contribution in [0.1, 0.15) is 6.92 Å². The van der Waals surface area contributed by atoms with Gasteiger partial charge in [-0.1, -0.05) is 0 Å². The van der Waals surface area contributed by atoms with E-state index in [1.165, 1.54) is 7.11 Å². The number of likely N-dealkylation sites (N-methyl/N-ethyl adjacent to an activating group) is 1. The Morgan fingerprint density at radius 1 is 1.38 bits per heavy atom. The highest BCUT2D eigenvalue weighted by Crippen LogP contribution is 2.38. The molecule has 0 saturated heterocycles. The largest absolute Gasteiger partial charge is 0.468 e. The third-order valence-electron chi connectivity index (χ3n) is 3.47. The second-order valence-corrected chi connectivity index (χ2v) is 4.65. The number of ether oxygens (including phenoxy) is 3. The molecule has 6 nitrogen and oxygen atoms in total. The fourth-order valence-corrected chi connectivity index (χ4v) is 2.36. The van der Waals surface area contributed by atoms with Gasteiger partial charge in [-0.3, -0.25) is 4.79 Å². The normalized spacial score (nSPS) is 12.5. The highest BCUT2D eigenvalue weighted by atomic mass is 16.7. The number of aromatic nitrogens is 1. The van der Waals surface area contributed by atoms with Crippen LogP contribution in [-0.2, 0) is 9.53 Å². The van der Waals surface area contributed by atoms with Crippen LogP contribution in [0.15, 0.2) is 24.4 Å². The van der Waals surface area contributed by atoms with E-state index < -0.39 is 0 Å². The highest BCUT2D eigenvalue weighted by Gasteiger charge is 2.19. The van der Waals surface area contributed by atoms with Gasteiger partial charge in [0.1, 0.15) is 12.4 Å². The molecule has 0 bridgehead atoms. The van der Waals surface area contributed by atoms with Crippen LogP contribution >= 0.6 is 0 Å². The molecule has 3 rings (SSSR count). The van der Waals surface area contributed by atoms with Crippen molar-refractivity contribution in [3.63, 3.8) is 0 Å². The minimum Gasteiger partial charge on any atom is -0.468 e. The molecule has 21 heavy (non-hydrogen) atoms. The van der Waals surface area contributed by atoms with Crippen molar-refractivity contribution in [1.82, 2.24) is 4.98 Å². The van der Waals surface area contributed by atoms with E-state index in [1.54, 1.807) is 6.20 Å². The van der Waals surface area contributed by atoms with Crippen LogP contribution in [0.5, 0.6) is 11.5 Å². The van der Waals surface area contributed by atoms with Crippen LogP contribution < -0.4 is 14.4 Å². The summed E-state index contributed by atoms with van der Waals surface area (Å²) in [7, 11) is 1.38. The number of hydrogen-bond acceptors (Lipinski definition) is 6. The second-order valence-electron chi connectivity index (χ2n) is 4.65. The van der Waals surface area contributed by atoms with Gasteiger partial charge in [-0.25, -0.2) is 4.98 Å². The van der Waals surface area contributed by atoms with E-state index in [0.717, 1.165) is 22.3 Å². The third-order valence-corrected chi connectivity index (χ3v) is 3.47. The number of fused-ring (bicyclic) bond motifs is 2. The molecule has 0 amide bonds. The number of methoxy groups -OCH3 is 1. The zero-order valence-electron chi connectivity index (χ0n) is 12.0. The molecule has 2 aromatic rings. The molecular formula is C15H16N2O4. The van der Waals surface area contributed by atoms with E-state index >= 15 is 0 Å². The first-order chi connectivity index (χ1) is 10.2. The first kappa shape index (κ1) is 13.5. The Labute approximate surface area is 122 Å². The lowest BCUT2D eigenvalue weighted by molar-refractivity contribution is -0.138. The molecular weight excluding hydrogens is 272 g/mol. The molecule has 0 saturated carbocycles. The molecule has 0 N–H and O–H groups in total. The summed E-state index contributed by atoms with van der Waals surface area (Å²) in [6.07, 6.45) is 1.72. The Morgan fingerprint density at radius 2 is 2.14 bits per heavy atom. The molecule has 1 aliphatic heterocycles. The summed E-state index contributed by atoms with van der Waals surface area (Å²) >= 11 is 0. The number of nitrogens with zero attached hydrogens (tertiary/aromatic N) is 2. The summed E-state index contributed by atoms with van der Waals surface area (Å²) in [4.78, 5) is 17.8. The Balaban J connectivity index is 2.07. The fraction of sp³-hybridized carbons (Fsp3) is 0.333. The molecule has 0 aliphatic carbocycles. The Kier molecular flexibility index (Phi) is 3.51. The molecule has 2 heterocycles. The standard InChI is InChI=1S/C15H16N2O4/c1-3-17(8-14(18)19-2)15-11-7-13-12(20-9-21-13)6-10(11)4-5-16-15/h4-7H,3,8-9H2,1-2H3. The average molecular weight is 288 g/mol. The van der Waals surface area contributed by atoms with Gasteiger partial charge < -0.3 is 19.1 Å². The van der Waals surface area contributed by atoms with Gasteiger partial charge in [-0.15, -0.1) is 0 Å². The van der Waals surface area contributed by atoms with Gasteiger partial charge in [0.15, 0.2) is 11.5 Å². The average Bonchev–Trinajstić information content (AvgIpc) is 2.96. The summed E-state index contributed by atoms with van der Waals surface area (Å²) in [5.74, 6) is 1.87. The topological polar surface area (TPSA) is 60.9 Å². The van der Waals surface area contributed by atoms with Gasteiger partial charge in [0.2, 0.25) is 6.79 Å². The van der Waals surface area contributed by atoms with Crippen LogP contribution in [-0.4, -0.2) is 37.9 Å². The number of esters is 1. The maximum absolute atomic E-state index is 11.5. The van der Waals surface area contributed by atoms with Gasteiger partial charge in [-0.05, 0) is 30.5 Å². The van der Waals surface area contributed by atoms with Crippen LogP contribution in [0.2, 0.25) is 0 Å². The number of carbonyl (C=O) groups excluding carboxylic acids is 1. The van der Waals surface area contributed by atoms with Gasteiger partial charge in [0.05, 0.1) is 7.11 Å². The van der Waals surface area contributed by atoms with Crippen molar-refractivity contribution in [1.29, 1.82) is 0 Å². The van der Waals surface area contributed by atoms with E-state index in [-0.39, 0.29) is 19.3 Å². The number of anilines is 1. The highest BCUT2D eigenvalue weighted by molar-refractivity contribution is 5.95. The number of rotatable bonds is 4. The molecule has 0 radical (unpaired) electrons. The van der Waals surface area contributed by atoms with E-state index in [9.17, 15) is 4.79 Å². The van der Waals surface area contributed by atoms with Crippen molar-refractivity contribution in [3.8, 4) is 11.5 Å². The zero-order valence-corrected chi connectivity index (χ0v) is 12.0. The van der Waals surface area contributed by atoms with E-state index in [2.05, 4.69) is 4.98 Å². The number of hydrogen-bond donors (Lipinski definition) is 0. The number of carbonyl (C=O) groups is 1. The molecule has 1 aliphatic rings. The van der Waals surface area contributed by atoms with Crippen LogP contribution in [0.4, 0.5) is 5.82 Å². The lowest BCUT2D eigenvalue weighted by Gasteiger charge is -2.22. The van der Waals surface area contributed by atoms with Gasteiger partial charge in [0, 0.05) is 18.1 Å². The van der Waals surface area contributed by atoms with Crippen LogP contribution in [0.3, 0.4) is 0 Å². The lowest BCUT2D eigenvalue weighted by atomic mass is 10.1. The molecule has 0 atom stereocenters. The summed E-state index contributed by atoms with van der Waals surface area (Å²) in [5.41, 5.74) is 0. The Hall–Kier alpha value is -2.50. The van der Waals surface area contributed by atoms with Gasteiger partial charge in [0.25, 0.3) is 0 Å². The molecule has 110 valence electrons. The van der Waals surface area contributed by atoms with E-state index in [1.807, 2.05) is 30.0 Å². The minimum atomic E-state index is -0.295. The molecule has 0 unspecified atom stereocenters. The van der Waals surface area contributed by atoms with Gasteiger partial charge in [-0.2, -0.15) is 0 Å². The summed E-state index contributed by atoms with van der Waals surface area (Å²) in [6, 6.07) is 5.74. The summed E-state index contributed by atoms with van der Waals surface area (Å²) < 4.78 is 15.5. The molecule has 1 aromatic carbocycles. The number of benzene rings is 1. The van der Waals surface area contributed by atoms with E-state index in [4.69, 9.17) is 14.2 Å². The van der Waals surface area contributed by atoms with Crippen molar-refractivity contribution in [2.45, 2.75) is 6.92 Å². The van der Waals surface area contributed by atoms with Crippen molar-refractivity contribution in [2.24, 2.45) is 0 Å². The van der Waals surface area contributed by atoms with Crippen LogP contribution in [0, 0.1) is 0 Å². The summed E-state index contributed by atoms with van der Waals surface area (Å²) in [5, 5.41) is 1.92. The maximum atomic E-state index is 11.5. The number of pyridine rings is 1. The molecule has 0 fully saturated rings. The Bertz CT molecular complexity index is 687. The first-order valence-corrected chi connectivity index (χ1v) is 6.73. The fourth-order valence-electron chi connectivity index (χ4n) is 2.36. The Morgan fingerprint density at radius 3 is 2.86 bits per heavy atom. The zero-order chi connectivity index (χ0) is 14.8. The SMILES string of the molecule is CCN(CC(=O)OC)c1nccc2cc3c(cc12)OCO3. The van der Waals surface area contributed by atoms with Crippen molar-refractivity contribution in [3.05, 3.63) is 24.4 Å². The monoisotopic (exact) mass is 288 g/mol. The predicted molar refractivity (Wildman–Crippen MR) is 77.8 cm³/mol. The smallest absolute Gasteiger partial charge is 0.325 e. The predicted octanol–water partition coefficient (Wildman–Crippen LogP) is 1.96. The van der Waals surface area contributed by atoms with Crippen molar-refractivity contribution >= 4 is 22.6 Å². The lowest BCUT2D eigenvalue weighted by Crippen LogP contribution is -2.31. The van der Waals surface area contributed by atoms with Crippen molar-refractivity contribution in [2.75, 3.05) is 31.9 Å². The van der Waals surface area contributed by atoms with Crippen LogP contribution in [0.25, 0.3) is 10.8 Å².